The van der Waals surface area contributed by atoms with E-state index in [0.29, 0.717) is 13.1 Å². The minimum Gasteiger partial charge on any atom is -0.330 e. The van der Waals surface area contributed by atoms with E-state index < -0.39 is 0 Å². The molecule has 80 valence electrons. The van der Waals surface area contributed by atoms with Crippen LogP contribution in [0.3, 0.4) is 0 Å². The standard InChI is InChI=1S/C9H24N4/c1-9(8(12)13,4-2-6-10)5-3-7-11/h8H,2-7,10-13H2,1H3. The van der Waals surface area contributed by atoms with Gasteiger partial charge < -0.3 is 22.9 Å². The highest BCUT2D eigenvalue weighted by Gasteiger charge is 2.27. The first-order valence-corrected chi connectivity index (χ1v) is 4.98. The molecule has 13 heavy (non-hydrogen) atoms. The van der Waals surface area contributed by atoms with Crippen LogP contribution in [0.4, 0.5) is 0 Å². The second-order valence-electron chi connectivity index (χ2n) is 3.96. The van der Waals surface area contributed by atoms with Gasteiger partial charge in [-0.15, -0.1) is 0 Å². The van der Waals surface area contributed by atoms with E-state index in [-0.39, 0.29) is 11.6 Å². The van der Waals surface area contributed by atoms with Crippen LogP contribution in [0.15, 0.2) is 0 Å². The first-order valence-electron chi connectivity index (χ1n) is 4.98. The Labute approximate surface area is 81.0 Å². The van der Waals surface area contributed by atoms with Crippen molar-refractivity contribution in [2.45, 2.75) is 38.8 Å². The Morgan fingerprint density at radius 1 is 1.00 bits per heavy atom. The van der Waals surface area contributed by atoms with Gasteiger partial charge in [0, 0.05) is 0 Å². The molecule has 0 aromatic rings. The molecule has 8 N–H and O–H groups in total. The fourth-order valence-corrected chi connectivity index (χ4v) is 1.47. The van der Waals surface area contributed by atoms with Crippen molar-refractivity contribution in [3.05, 3.63) is 0 Å². The molecular formula is C9H24N4. The minimum absolute atomic E-state index is 0.00125. The van der Waals surface area contributed by atoms with E-state index in [1.807, 2.05) is 0 Å². The minimum atomic E-state index is -0.273. The zero-order valence-corrected chi connectivity index (χ0v) is 8.63. The molecule has 0 aliphatic heterocycles. The lowest BCUT2D eigenvalue weighted by Crippen LogP contribution is -2.47. The van der Waals surface area contributed by atoms with E-state index >= 15 is 0 Å². The first-order chi connectivity index (χ1) is 6.06. The van der Waals surface area contributed by atoms with Gasteiger partial charge in [0.05, 0.1) is 6.17 Å². The zero-order chi connectivity index (χ0) is 10.3. The third-order valence-electron chi connectivity index (χ3n) is 2.71. The Kier molecular flexibility index (Phi) is 6.24. The average Bonchev–Trinajstić information content (AvgIpc) is 2.11. The van der Waals surface area contributed by atoms with E-state index in [9.17, 15) is 0 Å². The van der Waals surface area contributed by atoms with Gasteiger partial charge in [0.2, 0.25) is 0 Å². The molecule has 0 aliphatic rings. The van der Waals surface area contributed by atoms with Gasteiger partial charge in [0.25, 0.3) is 0 Å². The number of nitrogens with two attached hydrogens (primary N) is 4. The Bertz CT molecular complexity index is 117. The van der Waals surface area contributed by atoms with Crippen molar-refractivity contribution < 1.29 is 0 Å². The van der Waals surface area contributed by atoms with Crippen LogP contribution in [0, 0.1) is 5.41 Å². The highest BCUT2D eigenvalue weighted by Crippen LogP contribution is 2.29. The predicted molar refractivity (Wildman–Crippen MR) is 56.8 cm³/mol. The third kappa shape index (κ3) is 4.57. The van der Waals surface area contributed by atoms with E-state index in [0.717, 1.165) is 25.7 Å². The maximum Gasteiger partial charge on any atom is 0.0576 e. The Morgan fingerprint density at radius 2 is 1.38 bits per heavy atom. The molecule has 4 heteroatoms. The molecule has 0 unspecified atom stereocenters. The van der Waals surface area contributed by atoms with Gasteiger partial charge >= 0.3 is 0 Å². The van der Waals surface area contributed by atoms with Crippen LogP contribution in [0.2, 0.25) is 0 Å². The first kappa shape index (κ1) is 12.8. The summed E-state index contributed by atoms with van der Waals surface area (Å²) in [4.78, 5) is 0. The SMILES string of the molecule is CC(CCCN)(CCCN)C(N)N. The summed E-state index contributed by atoms with van der Waals surface area (Å²) in [5, 5.41) is 0. The van der Waals surface area contributed by atoms with E-state index in [1.165, 1.54) is 0 Å². The third-order valence-corrected chi connectivity index (χ3v) is 2.71. The van der Waals surface area contributed by atoms with Crippen LogP contribution in [-0.4, -0.2) is 19.3 Å². The van der Waals surface area contributed by atoms with Gasteiger partial charge in [0.1, 0.15) is 0 Å². The van der Waals surface area contributed by atoms with Gasteiger partial charge in [-0.1, -0.05) is 6.92 Å². The van der Waals surface area contributed by atoms with Crippen molar-refractivity contribution in [3.63, 3.8) is 0 Å². The van der Waals surface area contributed by atoms with E-state index in [1.54, 1.807) is 0 Å². The summed E-state index contributed by atoms with van der Waals surface area (Å²) in [5.41, 5.74) is 22.4. The monoisotopic (exact) mass is 188 g/mol. The van der Waals surface area contributed by atoms with Crippen LogP contribution in [0.1, 0.15) is 32.6 Å². The summed E-state index contributed by atoms with van der Waals surface area (Å²) in [6, 6.07) is 0. The number of rotatable bonds is 7. The highest BCUT2D eigenvalue weighted by atomic mass is 14.9. The Balaban J connectivity index is 4.00. The molecule has 0 aromatic heterocycles. The average molecular weight is 188 g/mol. The highest BCUT2D eigenvalue weighted by molar-refractivity contribution is 4.81. The Morgan fingerprint density at radius 3 is 1.62 bits per heavy atom. The summed E-state index contributed by atoms with van der Waals surface area (Å²) < 4.78 is 0. The van der Waals surface area contributed by atoms with Crippen LogP contribution in [0.5, 0.6) is 0 Å². The van der Waals surface area contributed by atoms with Crippen LogP contribution in [-0.2, 0) is 0 Å². The lowest BCUT2D eigenvalue weighted by atomic mass is 9.78. The molecule has 0 saturated heterocycles. The molecule has 0 radical (unpaired) electrons. The van der Waals surface area contributed by atoms with Gasteiger partial charge in [-0.2, -0.15) is 0 Å². The quantitative estimate of drug-likeness (QED) is 0.412. The van der Waals surface area contributed by atoms with Crippen molar-refractivity contribution in [1.82, 2.24) is 0 Å². The summed E-state index contributed by atoms with van der Waals surface area (Å²) in [6.07, 6.45) is 3.66. The molecular weight excluding hydrogens is 164 g/mol. The maximum absolute atomic E-state index is 5.75. The zero-order valence-electron chi connectivity index (χ0n) is 8.63. The Hall–Kier alpha value is -0.160. The molecule has 0 aliphatic carbocycles. The molecule has 0 heterocycles. The topological polar surface area (TPSA) is 104 Å². The summed E-state index contributed by atoms with van der Waals surface area (Å²) in [5.74, 6) is 0. The molecule has 0 saturated carbocycles. The molecule has 0 rings (SSSR count). The second-order valence-corrected chi connectivity index (χ2v) is 3.96. The van der Waals surface area contributed by atoms with Crippen LogP contribution in [0.25, 0.3) is 0 Å². The molecule has 0 bridgehead atoms. The largest absolute Gasteiger partial charge is 0.330 e. The molecule has 0 atom stereocenters. The fraction of sp³-hybridized carbons (Fsp3) is 1.00. The van der Waals surface area contributed by atoms with E-state index in [2.05, 4.69) is 6.92 Å². The molecule has 4 nitrogen and oxygen atoms in total. The smallest absolute Gasteiger partial charge is 0.0576 e. The van der Waals surface area contributed by atoms with Crippen molar-refractivity contribution >= 4 is 0 Å². The lowest BCUT2D eigenvalue weighted by Gasteiger charge is -2.33. The summed E-state index contributed by atoms with van der Waals surface area (Å²) >= 11 is 0. The molecule has 0 spiro atoms. The van der Waals surface area contributed by atoms with Gasteiger partial charge in [-0.25, -0.2) is 0 Å². The van der Waals surface area contributed by atoms with Gasteiger partial charge in [0.15, 0.2) is 0 Å². The lowest BCUT2D eigenvalue weighted by molar-refractivity contribution is 0.208. The fourth-order valence-electron chi connectivity index (χ4n) is 1.47. The second kappa shape index (κ2) is 6.32. The van der Waals surface area contributed by atoms with Crippen molar-refractivity contribution in [2.24, 2.45) is 28.3 Å². The number of hydrogen-bond donors (Lipinski definition) is 4. The summed E-state index contributed by atoms with van der Waals surface area (Å²) in [7, 11) is 0. The van der Waals surface area contributed by atoms with E-state index in [4.69, 9.17) is 22.9 Å². The normalized spacial score (nSPS) is 12.5. The van der Waals surface area contributed by atoms with Gasteiger partial charge in [-0.05, 0) is 44.2 Å². The number of hydrogen-bond acceptors (Lipinski definition) is 4. The van der Waals surface area contributed by atoms with Crippen LogP contribution < -0.4 is 22.9 Å². The van der Waals surface area contributed by atoms with Crippen molar-refractivity contribution in [3.8, 4) is 0 Å². The molecule has 0 amide bonds. The maximum atomic E-state index is 5.75. The van der Waals surface area contributed by atoms with Crippen LogP contribution >= 0.6 is 0 Å². The summed E-state index contributed by atoms with van der Waals surface area (Å²) in [6.45, 7) is 3.51. The molecule has 0 fully saturated rings. The van der Waals surface area contributed by atoms with Crippen molar-refractivity contribution in [2.75, 3.05) is 13.1 Å². The predicted octanol–water partition coefficient (Wildman–Crippen LogP) is -0.286. The van der Waals surface area contributed by atoms with Crippen molar-refractivity contribution in [1.29, 1.82) is 0 Å². The molecule has 0 aromatic carbocycles. The van der Waals surface area contributed by atoms with Gasteiger partial charge in [-0.3, -0.25) is 0 Å².